The highest BCUT2D eigenvalue weighted by molar-refractivity contribution is 6.31. The maximum absolute atomic E-state index is 12.1. The van der Waals surface area contributed by atoms with Crippen molar-refractivity contribution in [3.63, 3.8) is 0 Å². The van der Waals surface area contributed by atoms with E-state index in [-0.39, 0.29) is 11.9 Å². The van der Waals surface area contributed by atoms with E-state index in [0.29, 0.717) is 6.54 Å². The van der Waals surface area contributed by atoms with Crippen LogP contribution in [0.2, 0.25) is 5.02 Å². The van der Waals surface area contributed by atoms with E-state index in [1.807, 2.05) is 61.6 Å². The van der Waals surface area contributed by atoms with Gasteiger partial charge in [0.25, 0.3) is 5.91 Å². The number of halogens is 1. The summed E-state index contributed by atoms with van der Waals surface area (Å²) in [5.74, 6) is -0.0119. The molecule has 2 rings (SSSR count). The Morgan fingerprint density at radius 2 is 1.91 bits per heavy atom. The topological polar surface area (TPSA) is 45.7 Å². The molecule has 0 saturated heterocycles. The lowest BCUT2D eigenvalue weighted by Gasteiger charge is -2.13. The molecular formula is C18H22ClN2O+. The van der Waals surface area contributed by atoms with E-state index < -0.39 is 0 Å². The molecule has 4 heteroatoms. The van der Waals surface area contributed by atoms with Crippen LogP contribution in [0.4, 0.5) is 5.69 Å². The SMILES string of the molecule is Cc1ccc(NC(=O)C[NH2+][C@@H](C)c2ccccc2Cl)cc1C. The third-order valence-corrected chi connectivity index (χ3v) is 4.19. The van der Waals surface area contributed by atoms with Gasteiger partial charge in [-0.05, 0) is 50.1 Å². The second-order valence-electron chi connectivity index (χ2n) is 5.60. The lowest BCUT2D eigenvalue weighted by atomic mass is 10.1. The van der Waals surface area contributed by atoms with Crippen LogP contribution in [0.3, 0.4) is 0 Å². The molecule has 22 heavy (non-hydrogen) atoms. The molecule has 0 unspecified atom stereocenters. The molecule has 1 amide bonds. The minimum absolute atomic E-state index is 0.0119. The highest BCUT2D eigenvalue weighted by atomic mass is 35.5. The predicted molar refractivity (Wildman–Crippen MR) is 91.2 cm³/mol. The Morgan fingerprint density at radius 3 is 2.59 bits per heavy atom. The molecule has 0 radical (unpaired) electrons. The number of hydrogen-bond acceptors (Lipinski definition) is 1. The van der Waals surface area contributed by atoms with Gasteiger partial charge in [-0.2, -0.15) is 0 Å². The number of aryl methyl sites for hydroxylation is 2. The molecule has 0 aliphatic rings. The largest absolute Gasteiger partial charge is 0.332 e. The zero-order valence-electron chi connectivity index (χ0n) is 13.2. The minimum Gasteiger partial charge on any atom is -0.332 e. The molecule has 0 heterocycles. The Bertz CT molecular complexity index is 670. The van der Waals surface area contributed by atoms with E-state index in [1.165, 1.54) is 11.1 Å². The van der Waals surface area contributed by atoms with Gasteiger partial charge in [0.2, 0.25) is 0 Å². The molecule has 0 fully saturated rings. The van der Waals surface area contributed by atoms with Gasteiger partial charge in [0.15, 0.2) is 6.54 Å². The second kappa shape index (κ2) is 7.43. The molecule has 0 aliphatic heterocycles. The molecule has 0 aliphatic carbocycles. The average molecular weight is 318 g/mol. The lowest BCUT2D eigenvalue weighted by Crippen LogP contribution is -2.86. The first kappa shape index (κ1) is 16.5. The summed E-state index contributed by atoms with van der Waals surface area (Å²) in [5.41, 5.74) is 4.28. The van der Waals surface area contributed by atoms with Crippen molar-refractivity contribution in [1.29, 1.82) is 0 Å². The number of carbonyl (C=O) groups is 1. The van der Waals surface area contributed by atoms with Crippen molar-refractivity contribution in [2.24, 2.45) is 0 Å². The third kappa shape index (κ3) is 4.33. The third-order valence-electron chi connectivity index (χ3n) is 3.84. The van der Waals surface area contributed by atoms with Crippen LogP contribution < -0.4 is 10.6 Å². The standard InChI is InChI=1S/C18H21ClN2O/c1-12-8-9-15(10-13(12)2)21-18(22)11-20-14(3)16-6-4-5-7-17(16)19/h4-10,14,20H,11H2,1-3H3,(H,21,22)/p+1/t14-/m0/s1. The van der Waals surface area contributed by atoms with Crippen molar-refractivity contribution in [3.8, 4) is 0 Å². The van der Waals surface area contributed by atoms with Gasteiger partial charge >= 0.3 is 0 Å². The Morgan fingerprint density at radius 1 is 1.18 bits per heavy atom. The number of nitrogens with one attached hydrogen (secondary N) is 1. The molecule has 0 saturated carbocycles. The van der Waals surface area contributed by atoms with Crippen LogP contribution in [0.5, 0.6) is 0 Å². The number of anilines is 1. The molecular weight excluding hydrogens is 296 g/mol. The Balaban J connectivity index is 1.90. The fraction of sp³-hybridized carbons (Fsp3) is 0.278. The molecule has 0 aromatic heterocycles. The van der Waals surface area contributed by atoms with E-state index in [2.05, 4.69) is 12.2 Å². The number of benzene rings is 2. The van der Waals surface area contributed by atoms with E-state index in [0.717, 1.165) is 16.3 Å². The van der Waals surface area contributed by atoms with Gasteiger partial charge < -0.3 is 10.6 Å². The minimum atomic E-state index is -0.0119. The van der Waals surface area contributed by atoms with Crippen molar-refractivity contribution in [2.45, 2.75) is 26.8 Å². The molecule has 3 nitrogen and oxygen atoms in total. The van der Waals surface area contributed by atoms with Gasteiger partial charge in [0.05, 0.1) is 0 Å². The first-order valence-corrected chi connectivity index (χ1v) is 7.80. The Labute approximate surface area is 136 Å². The summed E-state index contributed by atoms with van der Waals surface area (Å²) in [5, 5.41) is 5.65. The maximum atomic E-state index is 12.1. The number of rotatable bonds is 5. The number of carbonyl (C=O) groups excluding carboxylic acids is 1. The van der Waals surface area contributed by atoms with Crippen molar-refractivity contribution < 1.29 is 10.1 Å². The summed E-state index contributed by atoms with van der Waals surface area (Å²) in [6, 6.07) is 13.8. The highest BCUT2D eigenvalue weighted by Gasteiger charge is 2.14. The van der Waals surface area contributed by atoms with Gasteiger partial charge in [-0.3, -0.25) is 4.79 Å². The maximum Gasteiger partial charge on any atom is 0.279 e. The van der Waals surface area contributed by atoms with E-state index in [9.17, 15) is 4.79 Å². The normalized spacial score (nSPS) is 12.0. The molecule has 116 valence electrons. The van der Waals surface area contributed by atoms with Gasteiger partial charge in [-0.1, -0.05) is 35.9 Å². The van der Waals surface area contributed by atoms with Crippen LogP contribution in [0, 0.1) is 13.8 Å². The number of nitrogens with two attached hydrogens (primary N) is 1. The van der Waals surface area contributed by atoms with Crippen LogP contribution in [0.25, 0.3) is 0 Å². The predicted octanol–water partition coefficient (Wildman–Crippen LogP) is 3.22. The molecule has 2 aromatic rings. The van der Waals surface area contributed by atoms with E-state index in [1.54, 1.807) is 0 Å². The van der Waals surface area contributed by atoms with Crippen LogP contribution >= 0.6 is 11.6 Å². The van der Waals surface area contributed by atoms with E-state index in [4.69, 9.17) is 11.6 Å². The van der Waals surface area contributed by atoms with Gasteiger partial charge in [-0.15, -0.1) is 0 Å². The van der Waals surface area contributed by atoms with Crippen molar-refractivity contribution in [2.75, 3.05) is 11.9 Å². The fourth-order valence-corrected chi connectivity index (χ4v) is 2.59. The summed E-state index contributed by atoms with van der Waals surface area (Å²) in [7, 11) is 0. The van der Waals surface area contributed by atoms with Crippen LogP contribution in [0.1, 0.15) is 29.7 Å². The number of hydrogen-bond donors (Lipinski definition) is 2. The average Bonchev–Trinajstić information content (AvgIpc) is 2.49. The highest BCUT2D eigenvalue weighted by Crippen LogP contribution is 2.19. The molecule has 1 atom stereocenters. The number of quaternary nitrogens is 1. The van der Waals surface area contributed by atoms with Crippen molar-refractivity contribution in [1.82, 2.24) is 0 Å². The Hall–Kier alpha value is -1.84. The zero-order chi connectivity index (χ0) is 16.1. The van der Waals surface area contributed by atoms with E-state index >= 15 is 0 Å². The zero-order valence-corrected chi connectivity index (χ0v) is 13.9. The quantitative estimate of drug-likeness (QED) is 0.874. The van der Waals surface area contributed by atoms with Crippen LogP contribution in [-0.4, -0.2) is 12.5 Å². The number of amides is 1. The molecule has 2 aromatic carbocycles. The molecule has 0 bridgehead atoms. The van der Waals surface area contributed by atoms with Crippen LogP contribution in [-0.2, 0) is 4.79 Å². The van der Waals surface area contributed by atoms with Crippen molar-refractivity contribution in [3.05, 3.63) is 64.2 Å². The van der Waals surface area contributed by atoms with Gasteiger partial charge in [-0.25, -0.2) is 0 Å². The molecule has 0 spiro atoms. The first-order chi connectivity index (χ1) is 10.5. The second-order valence-corrected chi connectivity index (χ2v) is 6.00. The fourth-order valence-electron chi connectivity index (χ4n) is 2.29. The summed E-state index contributed by atoms with van der Waals surface area (Å²) in [6.07, 6.45) is 0. The van der Waals surface area contributed by atoms with Gasteiger partial charge in [0, 0.05) is 16.3 Å². The van der Waals surface area contributed by atoms with Crippen molar-refractivity contribution >= 4 is 23.2 Å². The summed E-state index contributed by atoms with van der Waals surface area (Å²) < 4.78 is 0. The summed E-state index contributed by atoms with van der Waals surface area (Å²) >= 11 is 6.18. The Kier molecular flexibility index (Phi) is 5.58. The lowest BCUT2D eigenvalue weighted by molar-refractivity contribution is -0.682. The monoisotopic (exact) mass is 317 g/mol. The van der Waals surface area contributed by atoms with Crippen LogP contribution in [0.15, 0.2) is 42.5 Å². The smallest absolute Gasteiger partial charge is 0.279 e. The van der Waals surface area contributed by atoms with Gasteiger partial charge in [0.1, 0.15) is 6.04 Å². The summed E-state index contributed by atoms with van der Waals surface area (Å²) in [4.78, 5) is 12.1. The molecule has 3 N–H and O–H groups in total. The summed E-state index contributed by atoms with van der Waals surface area (Å²) in [6.45, 7) is 6.50. The first-order valence-electron chi connectivity index (χ1n) is 7.42.